The Hall–Kier alpha value is -2.46. The summed E-state index contributed by atoms with van der Waals surface area (Å²) in [6.45, 7) is 0. The number of benzene rings is 1. The molecule has 0 amide bonds. The van der Waals surface area contributed by atoms with Gasteiger partial charge in [-0.15, -0.1) is 0 Å². The Morgan fingerprint density at radius 1 is 1.11 bits per heavy atom. The maximum atomic E-state index is 13.6. The summed E-state index contributed by atoms with van der Waals surface area (Å²) in [6, 6.07) is 7.44. The van der Waals surface area contributed by atoms with Crippen LogP contribution in [0.3, 0.4) is 0 Å². The molecule has 144 valence electrons. The third kappa shape index (κ3) is 3.81. The molecule has 1 saturated carbocycles. The van der Waals surface area contributed by atoms with Gasteiger partial charge in [-0.1, -0.05) is 12.1 Å². The molecule has 1 aromatic carbocycles. The fourth-order valence-corrected chi connectivity index (χ4v) is 3.67. The topological polar surface area (TPSA) is 88.2 Å². The predicted molar refractivity (Wildman–Crippen MR) is 92.4 cm³/mol. The molecule has 0 atom stereocenters. The molecule has 2 N–H and O–H groups in total. The lowest BCUT2D eigenvalue weighted by atomic mass is 9.59. The minimum absolute atomic E-state index is 0.0813. The van der Waals surface area contributed by atoms with Crippen molar-refractivity contribution in [3.05, 3.63) is 59.7 Å². The number of nitrogens with zero attached hydrogens (tertiary/aromatic N) is 1. The first-order chi connectivity index (χ1) is 12.6. The van der Waals surface area contributed by atoms with Crippen LogP contribution in [0.2, 0.25) is 0 Å². The van der Waals surface area contributed by atoms with Gasteiger partial charge in [0, 0.05) is 19.9 Å². The zero-order chi connectivity index (χ0) is 19.9. The molecule has 6 nitrogen and oxygen atoms in total. The van der Waals surface area contributed by atoms with E-state index in [1.807, 2.05) is 0 Å². The second kappa shape index (κ2) is 6.61. The van der Waals surface area contributed by atoms with Crippen molar-refractivity contribution in [3.8, 4) is 0 Å². The van der Waals surface area contributed by atoms with Crippen LogP contribution >= 0.6 is 0 Å². The first kappa shape index (κ1) is 19.3. The van der Waals surface area contributed by atoms with E-state index >= 15 is 0 Å². The quantitative estimate of drug-likeness (QED) is 0.731. The summed E-state index contributed by atoms with van der Waals surface area (Å²) in [6.07, 6.45) is -0.266. The average molecular weight is 399 g/mol. The summed E-state index contributed by atoms with van der Waals surface area (Å²) in [5.41, 5.74) is -1.17. The molecule has 3 rings (SSSR count). The number of aromatic nitrogens is 1. The van der Waals surface area contributed by atoms with Crippen molar-refractivity contribution in [1.82, 2.24) is 9.71 Å². The van der Waals surface area contributed by atoms with Crippen LogP contribution in [0.4, 0.5) is 18.9 Å². The van der Waals surface area contributed by atoms with Gasteiger partial charge in [0.15, 0.2) is 5.78 Å². The monoisotopic (exact) mass is 399 g/mol. The number of ketones is 1. The molecule has 0 saturated heterocycles. The van der Waals surface area contributed by atoms with Crippen molar-refractivity contribution in [3.63, 3.8) is 0 Å². The number of carbonyl (C=O) groups is 1. The van der Waals surface area contributed by atoms with E-state index in [4.69, 9.17) is 0 Å². The van der Waals surface area contributed by atoms with Crippen LogP contribution < -0.4 is 9.44 Å². The lowest BCUT2D eigenvalue weighted by Gasteiger charge is -2.46. The molecule has 27 heavy (non-hydrogen) atoms. The van der Waals surface area contributed by atoms with E-state index in [-0.39, 0.29) is 11.4 Å². The number of halogens is 3. The molecule has 1 aliphatic carbocycles. The van der Waals surface area contributed by atoms with E-state index in [9.17, 15) is 26.4 Å². The molecular weight excluding hydrogens is 383 g/mol. The minimum Gasteiger partial charge on any atom is -0.291 e. The number of nitrogens with one attached hydrogen (secondary N) is 2. The van der Waals surface area contributed by atoms with Gasteiger partial charge in [0.05, 0.1) is 17.3 Å². The molecule has 10 heteroatoms. The standard InChI is InChI=1S/C17H16F3N3O3S/c1-21-27(25,26)23-13-6-7-14(22-8-13)15(24)16(9-17(19,20)10-16)11-2-4-12(18)5-3-11/h2-8,21,23H,9-10H2,1H3. The van der Waals surface area contributed by atoms with Gasteiger partial charge in [-0.05, 0) is 29.8 Å². The molecule has 0 aliphatic heterocycles. The SMILES string of the molecule is CNS(=O)(=O)Nc1ccc(C(=O)C2(c3ccc(F)cc3)CC(F)(F)C2)nc1. The van der Waals surface area contributed by atoms with Gasteiger partial charge in [-0.3, -0.25) is 14.5 Å². The number of pyridine rings is 1. The lowest BCUT2D eigenvalue weighted by molar-refractivity contribution is -0.113. The van der Waals surface area contributed by atoms with Crippen molar-refractivity contribution >= 4 is 21.7 Å². The van der Waals surface area contributed by atoms with Gasteiger partial charge < -0.3 is 0 Å². The van der Waals surface area contributed by atoms with E-state index < -0.39 is 46.0 Å². The zero-order valence-corrected chi connectivity index (χ0v) is 15.0. The fourth-order valence-electron chi connectivity index (χ4n) is 3.14. The number of rotatable bonds is 6. The number of alkyl halides is 2. The Labute approximate surface area is 154 Å². The van der Waals surface area contributed by atoms with Gasteiger partial charge in [0.1, 0.15) is 11.5 Å². The molecule has 0 radical (unpaired) electrons. The Bertz CT molecular complexity index is 953. The predicted octanol–water partition coefficient (Wildman–Crippen LogP) is 2.65. The molecule has 0 spiro atoms. The van der Waals surface area contributed by atoms with E-state index in [2.05, 4.69) is 14.4 Å². The van der Waals surface area contributed by atoms with Gasteiger partial charge in [0.2, 0.25) is 0 Å². The second-order valence-corrected chi connectivity index (χ2v) is 7.99. The average Bonchev–Trinajstić information content (AvgIpc) is 2.60. The van der Waals surface area contributed by atoms with Gasteiger partial charge in [0.25, 0.3) is 16.1 Å². The van der Waals surface area contributed by atoms with Crippen molar-refractivity contribution < 1.29 is 26.4 Å². The molecule has 0 unspecified atom stereocenters. The van der Waals surface area contributed by atoms with Crippen LogP contribution in [0.1, 0.15) is 28.9 Å². The number of Topliss-reactive ketones (excluding diaryl/α,β-unsaturated/α-hetero) is 1. The van der Waals surface area contributed by atoms with Crippen molar-refractivity contribution in [2.75, 3.05) is 11.8 Å². The summed E-state index contributed by atoms with van der Waals surface area (Å²) in [7, 11) is -2.53. The van der Waals surface area contributed by atoms with E-state index in [1.54, 1.807) is 0 Å². The molecule has 1 fully saturated rings. The number of anilines is 1. The molecular formula is C17H16F3N3O3S. The van der Waals surface area contributed by atoms with Crippen molar-refractivity contribution in [2.24, 2.45) is 0 Å². The zero-order valence-electron chi connectivity index (χ0n) is 14.2. The van der Waals surface area contributed by atoms with Crippen LogP contribution in [-0.2, 0) is 15.6 Å². The van der Waals surface area contributed by atoms with E-state index in [0.717, 1.165) is 18.3 Å². The highest BCUT2D eigenvalue weighted by atomic mass is 32.2. The van der Waals surface area contributed by atoms with Gasteiger partial charge >= 0.3 is 0 Å². The number of carbonyl (C=O) groups excluding carboxylic acids is 1. The third-order valence-corrected chi connectivity index (χ3v) is 5.51. The first-order valence-corrected chi connectivity index (χ1v) is 9.41. The summed E-state index contributed by atoms with van der Waals surface area (Å²) in [4.78, 5) is 16.8. The summed E-state index contributed by atoms with van der Waals surface area (Å²) >= 11 is 0. The minimum atomic E-state index is -3.75. The smallest absolute Gasteiger partial charge is 0.291 e. The Kier molecular flexibility index (Phi) is 4.73. The van der Waals surface area contributed by atoms with Crippen LogP contribution in [0.5, 0.6) is 0 Å². The molecule has 1 heterocycles. The largest absolute Gasteiger partial charge is 0.298 e. The Morgan fingerprint density at radius 3 is 2.22 bits per heavy atom. The summed E-state index contributed by atoms with van der Waals surface area (Å²) in [5, 5.41) is 0. The van der Waals surface area contributed by atoms with Crippen LogP contribution in [0, 0.1) is 5.82 Å². The molecule has 0 bridgehead atoms. The first-order valence-electron chi connectivity index (χ1n) is 7.93. The van der Waals surface area contributed by atoms with Crippen LogP contribution in [-0.4, -0.2) is 32.2 Å². The van der Waals surface area contributed by atoms with Gasteiger partial charge in [-0.2, -0.15) is 8.42 Å². The molecule has 1 aromatic heterocycles. The highest BCUT2D eigenvalue weighted by Crippen LogP contribution is 2.54. The lowest BCUT2D eigenvalue weighted by Crippen LogP contribution is -2.54. The highest BCUT2D eigenvalue weighted by molar-refractivity contribution is 7.90. The van der Waals surface area contributed by atoms with Crippen LogP contribution in [0.15, 0.2) is 42.6 Å². The number of hydrogen-bond acceptors (Lipinski definition) is 4. The molecule has 2 aromatic rings. The summed E-state index contributed by atoms with van der Waals surface area (Å²) in [5.74, 6) is -4.15. The Balaban J connectivity index is 1.90. The highest BCUT2D eigenvalue weighted by Gasteiger charge is 2.61. The van der Waals surface area contributed by atoms with Crippen molar-refractivity contribution in [1.29, 1.82) is 0 Å². The maximum absolute atomic E-state index is 13.6. The maximum Gasteiger partial charge on any atom is 0.298 e. The second-order valence-electron chi connectivity index (χ2n) is 6.37. The van der Waals surface area contributed by atoms with E-state index in [1.165, 1.54) is 31.3 Å². The third-order valence-electron chi connectivity index (χ3n) is 4.47. The molecule has 1 aliphatic rings. The fraction of sp³-hybridized carbons (Fsp3) is 0.294. The van der Waals surface area contributed by atoms with Crippen LogP contribution in [0.25, 0.3) is 0 Å². The Morgan fingerprint density at radius 2 is 1.74 bits per heavy atom. The van der Waals surface area contributed by atoms with Crippen molar-refractivity contribution in [2.45, 2.75) is 24.2 Å². The van der Waals surface area contributed by atoms with E-state index in [0.29, 0.717) is 5.56 Å². The van der Waals surface area contributed by atoms with Gasteiger partial charge in [-0.25, -0.2) is 17.9 Å². The summed E-state index contributed by atoms with van der Waals surface area (Å²) < 4.78 is 67.6. The normalized spacial score (nSPS) is 17.8. The number of hydrogen-bond donors (Lipinski definition) is 2.